The van der Waals surface area contributed by atoms with Gasteiger partial charge in [0.05, 0.1) is 17.1 Å². The molecule has 0 aromatic heterocycles. The Hall–Kier alpha value is -7.42. The predicted octanol–water partition coefficient (Wildman–Crippen LogP) is 17.5. The lowest BCUT2D eigenvalue weighted by Gasteiger charge is -2.34. The molecule has 0 saturated carbocycles. The number of nitrogens with one attached hydrogen (secondary N) is 1. The zero-order valence-electron chi connectivity index (χ0n) is 40.6. The van der Waals surface area contributed by atoms with Crippen LogP contribution in [0, 0.1) is 0 Å². The molecule has 0 spiro atoms. The largest absolute Gasteiger partial charge is 0.355 e. The predicted molar refractivity (Wildman–Crippen MR) is 301 cm³/mol. The fourth-order valence-corrected chi connectivity index (χ4v) is 11.1. The fourth-order valence-electron chi connectivity index (χ4n) is 11.1. The van der Waals surface area contributed by atoms with E-state index in [0.717, 1.165) is 37.8 Å². The molecule has 0 aliphatic heterocycles. The van der Waals surface area contributed by atoms with E-state index in [1.807, 2.05) is 0 Å². The molecule has 4 aliphatic rings. The maximum absolute atomic E-state index is 3.96. The summed E-state index contributed by atoms with van der Waals surface area (Å²) >= 11 is 0. The smallest absolute Gasteiger partial charge is 0.0615 e. The zero-order valence-corrected chi connectivity index (χ0v) is 40.6. The Morgan fingerprint density at radius 2 is 1.01 bits per heavy atom. The van der Waals surface area contributed by atoms with E-state index in [4.69, 9.17) is 0 Å². The van der Waals surface area contributed by atoms with Crippen molar-refractivity contribution in [1.82, 2.24) is 0 Å². The second-order valence-electron chi connectivity index (χ2n) is 19.6. The molecule has 12 rings (SSSR count). The minimum Gasteiger partial charge on any atom is -0.355 e. The van der Waals surface area contributed by atoms with Crippen molar-refractivity contribution in [2.45, 2.75) is 84.5 Å². The molecule has 0 atom stereocenters. The Morgan fingerprint density at radius 3 is 1.70 bits per heavy atom. The highest BCUT2D eigenvalue weighted by atomic mass is 15.1. The number of fused-ring (bicyclic) bond motifs is 6. The molecule has 340 valence electrons. The van der Waals surface area contributed by atoms with Gasteiger partial charge in [0, 0.05) is 33.3 Å². The Labute approximate surface area is 409 Å². The molecule has 0 heterocycles. The molecule has 4 aliphatic carbocycles. The first kappa shape index (κ1) is 44.1. The van der Waals surface area contributed by atoms with Gasteiger partial charge in [-0.2, -0.15) is 0 Å². The van der Waals surface area contributed by atoms with Gasteiger partial charge in [0.15, 0.2) is 0 Å². The Kier molecular flexibility index (Phi) is 12.3. The first-order valence-corrected chi connectivity index (χ1v) is 25.4. The average Bonchev–Trinajstić information content (AvgIpc) is 3.66. The molecule has 2 heteroatoms. The van der Waals surface area contributed by atoms with E-state index >= 15 is 0 Å². The molecule has 2 nitrogen and oxygen atoms in total. The summed E-state index contributed by atoms with van der Waals surface area (Å²) in [5.41, 5.74) is 19.4. The van der Waals surface area contributed by atoms with Gasteiger partial charge >= 0.3 is 0 Å². The summed E-state index contributed by atoms with van der Waals surface area (Å²) in [7, 11) is 0. The first-order chi connectivity index (χ1) is 33.9. The minimum absolute atomic E-state index is 0.455. The summed E-state index contributed by atoms with van der Waals surface area (Å²) in [6.45, 7) is 9.07. The number of hydrogen-bond acceptors (Lipinski definition) is 2. The number of rotatable bonds is 8. The molecule has 0 radical (unpaired) electrons. The molecule has 0 fully saturated rings. The zero-order chi connectivity index (χ0) is 46.8. The Morgan fingerprint density at radius 1 is 0.449 bits per heavy atom. The molecule has 0 bridgehead atoms. The number of hydrogen-bond donors (Lipinski definition) is 1. The van der Waals surface area contributed by atoms with E-state index in [1.165, 1.54) is 123 Å². The standard InChI is InChI=1S/C57H52N2.C10H10/c1-37(2)39-29-33-42(34-30-39)58-56-49-24-12-8-20-45(49)54(46-21-9-13-25-50(46)56)55-47-22-10-14-26-51(47)57(52-27-15-11-23-48(52)55)59(43-35-31-40(32-36-43)38(3)4)53-28-16-18-41-17-6-5-7-19-44(41)53;1-2-6-10-8-4-3-7-9(10)5-1/h6-10,12,14-22,24,26-38,58H,5,11,13,23,25H2,1-4H3;1-2,5-8H,3-4H2. The highest BCUT2D eigenvalue weighted by Crippen LogP contribution is 2.53. The summed E-state index contributed by atoms with van der Waals surface area (Å²) in [6, 6.07) is 52.0. The Balaban J connectivity index is 0.000000460. The van der Waals surface area contributed by atoms with Crippen LogP contribution in [0.3, 0.4) is 0 Å². The van der Waals surface area contributed by atoms with Crippen molar-refractivity contribution >= 4 is 86.4 Å². The lowest BCUT2D eigenvalue weighted by Crippen LogP contribution is -2.25. The highest BCUT2D eigenvalue weighted by molar-refractivity contribution is 6.18. The van der Waals surface area contributed by atoms with Gasteiger partial charge in [0.25, 0.3) is 0 Å². The molecule has 0 saturated heterocycles. The van der Waals surface area contributed by atoms with Crippen LogP contribution in [-0.2, 0) is 12.8 Å². The first-order valence-electron chi connectivity index (χ1n) is 25.4. The van der Waals surface area contributed by atoms with Gasteiger partial charge < -0.3 is 10.2 Å². The van der Waals surface area contributed by atoms with Gasteiger partial charge in [0.1, 0.15) is 0 Å². The number of allylic oxidation sites excluding steroid dienone is 4. The second kappa shape index (κ2) is 19.3. The number of nitrogens with zero attached hydrogens (tertiary/aromatic N) is 1. The normalized spacial score (nSPS) is 14.2. The molecular weight excluding hydrogens is 833 g/mol. The van der Waals surface area contributed by atoms with Crippen LogP contribution in [0.25, 0.3) is 69.1 Å². The molecular formula is C67H62N2. The van der Waals surface area contributed by atoms with E-state index in [9.17, 15) is 0 Å². The van der Waals surface area contributed by atoms with Crippen LogP contribution < -0.4 is 20.7 Å². The number of anilines is 5. The summed E-state index contributed by atoms with van der Waals surface area (Å²) < 4.78 is 0. The van der Waals surface area contributed by atoms with Crippen LogP contribution >= 0.6 is 0 Å². The van der Waals surface area contributed by atoms with Crippen molar-refractivity contribution in [3.63, 3.8) is 0 Å². The van der Waals surface area contributed by atoms with Crippen LogP contribution in [-0.4, -0.2) is 0 Å². The van der Waals surface area contributed by atoms with E-state index in [2.05, 4.69) is 238 Å². The van der Waals surface area contributed by atoms with E-state index in [-0.39, 0.29) is 0 Å². The van der Waals surface area contributed by atoms with E-state index < -0.39 is 0 Å². The number of benzene rings is 8. The van der Waals surface area contributed by atoms with Gasteiger partial charge in [-0.15, -0.1) is 0 Å². The topological polar surface area (TPSA) is 15.3 Å². The average molecular weight is 895 g/mol. The van der Waals surface area contributed by atoms with Gasteiger partial charge in [-0.1, -0.05) is 198 Å². The van der Waals surface area contributed by atoms with Gasteiger partial charge in [-0.05, 0) is 153 Å². The fraction of sp³-hybridized carbons (Fsp3) is 0.194. The quantitative estimate of drug-likeness (QED) is 0.163. The molecule has 0 unspecified atom stereocenters. The van der Waals surface area contributed by atoms with Crippen molar-refractivity contribution in [1.29, 1.82) is 0 Å². The summed E-state index contributed by atoms with van der Waals surface area (Å²) in [6.07, 6.45) is 30.8. The van der Waals surface area contributed by atoms with Crippen molar-refractivity contribution in [2.24, 2.45) is 0 Å². The third-order valence-corrected chi connectivity index (χ3v) is 14.6. The minimum atomic E-state index is 0.455. The van der Waals surface area contributed by atoms with Crippen LogP contribution in [0.4, 0.5) is 28.4 Å². The third kappa shape index (κ3) is 8.48. The molecule has 0 amide bonds. The summed E-state index contributed by atoms with van der Waals surface area (Å²) in [5, 5.41) is 11.9. The van der Waals surface area contributed by atoms with Crippen LogP contribution in [0.5, 0.6) is 0 Å². The second-order valence-corrected chi connectivity index (χ2v) is 19.6. The third-order valence-electron chi connectivity index (χ3n) is 14.6. The highest BCUT2D eigenvalue weighted by Gasteiger charge is 2.30. The lowest BCUT2D eigenvalue weighted by atomic mass is 9.78. The van der Waals surface area contributed by atoms with E-state index in [0.29, 0.717) is 11.8 Å². The van der Waals surface area contributed by atoms with Crippen molar-refractivity contribution in [3.05, 3.63) is 219 Å². The molecule has 8 aromatic rings. The SMILES string of the molecule is C1=c2ccccc2=CCC1.CC(C)c1ccc(Nc2c3c(c(-c4c5c(c(N(c6ccc(C(C)C)cc6)c6cccc7c6C=CCC=C7)c6ccccc46)C=CCC5)c4ccccc24)C=CCC3)cc1. The Bertz CT molecular complexity index is 3450. The van der Waals surface area contributed by atoms with Crippen molar-refractivity contribution < 1.29 is 0 Å². The maximum Gasteiger partial charge on any atom is 0.0615 e. The maximum atomic E-state index is 3.96. The lowest BCUT2D eigenvalue weighted by molar-refractivity contribution is 0.866. The summed E-state index contributed by atoms with van der Waals surface area (Å²) in [4.78, 5) is 2.57. The van der Waals surface area contributed by atoms with Gasteiger partial charge in [0.2, 0.25) is 0 Å². The van der Waals surface area contributed by atoms with Crippen LogP contribution in [0.1, 0.15) is 116 Å². The summed E-state index contributed by atoms with van der Waals surface area (Å²) in [5.74, 6) is 0.953. The molecule has 8 aromatic carbocycles. The molecule has 69 heavy (non-hydrogen) atoms. The molecule has 1 N–H and O–H groups in total. The van der Waals surface area contributed by atoms with Crippen molar-refractivity contribution in [2.75, 3.05) is 10.2 Å². The van der Waals surface area contributed by atoms with Crippen LogP contribution in [0.15, 0.2) is 164 Å². The van der Waals surface area contributed by atoms with Gasteiger partial charge in [-0.3, -0.25) is 0 Å². The van der Waals surface area contributed by atoms with Crippen LogP contribution in [0.2, 0.25) is 0 Å². The van der Waals surface area contributed by atoms with E-state index in [1.54, 1.807) is 0 Å². The van der Waals surface area contributed by atoms with Crippen molar-refractivity contribution in [3.8, 4) is 11.1 Å². The van der Waals surface area contributed by atoms with Gasteiger partial charge in [-0.25, -0.2) is 0 Å². The monoisotopic (exact) mass is 894 g/mol.